The van der Waals surface area contributed by atoms with E-state index < -0.39 is 0 Å². The summed E-state index contributed by atoms with van der Waals surface area (Å²) in [5, 5.41) is 6.83. The summed E-state index contributed by atoms with van der Waals surface area (Å²) in [5.74, 6) is 1.69. The van der Waals surface area contributed by atoms with Gasteiger partial charge in [0.2, 0.25) is 0 Å². The van der Waals surface area contributed by atoms with Crippen molar-refractivity contribution >= 4 is 41.7 Å². The summed E-state index contributed by atoms with van der Waals surface area (Å²) in [6, 6.07) is 14.7. The number of aliphatic imine (C=N–C) groups is 1. The van der Waals surface area contributed by atoms with E-state index in [4.69, 9.17) is 9.47 Å². The van der Waals surface area contributed by atoms with E-state index in [0.717, 1.165) is 56.7 Å². The Balaban J connectivity index is 0.00000363. The van der Waals surface area contributed by atoms with E-state index in [1.807, 2.05) is 18.2 Å². The zero-order valence-electron chi connectivity index (χ0n) is 19.2. The third-order valence-electron chi connectivity index (χ3n) is 5.30. The Morgan fingerprint density at radius 2 is 1.81 bits per heavy atom. The van der Waals surface area contributed by atoms with Gasteiger partial charge >= 0.3 is 0 Å². The molecular formula is C24H35IN4O2S. The van der Waals surface area contributed by atoms with Crippen LogP contribution in [0.4, 0.5) is 0 Å². The smallest absolute Gasteiger partial charge is 0.191 e. The molecule has 0 bridgehead atoms. The van der Waals surface area contributed by atoms with Gasteiger partial charge in [-0.3, -0.25) is 9.89 Å². The highest BCUT2D eigenvalue weighted by Crippen LogP contribution is 2.22. The molecule has 176 valence electrons. The molecule has 1 fully saturated rings. The predicted octanol–water partition coefficient (Wildman–Crippen LogP) is 3.91. The molecule has 0 aromatic heterocycles. The number of rotatable bonds is 9. The summed E-state index contributed by atoms with van der Waals surface area (Å²) < 4.78 is 11.5. The summed E-state index contributed by atoms with van der Waals surface area (Å²) in [7, 11) is 1.80. The monoisotopic (exact) mass is 570 g/mol. The van der Waals surface area contributed by atoms with Crippen LogP contribution in [0.2, 0.25) is 0 Å². The van der Waals surface area contributed by atoms with Gasteiger partial charge in [-0.15, -0.1) is 35.7 Å². The largest absolute Gasteiger partial charge is 0.492 e. The molecule has 0 spiro atoms. The standard InChI is InChI=1S/C24H34N4O2S.HI/c1-19-8-9-21(23(16-19)31-3)18-27-24(25-2)26-17-20-6-4-5-7-22(20)30-15-12-28-10-13-29-14-11-28;/h4-9,16H,10-15,17-18H2,1-3H3,(H2,25,26,27);1H. The lowest BCUT2D eigenvalue weighted by molar-refractivity contribution is 0.0322. The summed E-state index contributed by atoms with van der Waals surface area (Å²) >= 11 is 1.77. The van der Waals surface area contributed by atoms with Gasteiger partial charge in [0.05, 0.1) is 13.2 Å². The Kier molecular flexibility index (Phi) is 12.2. The highest BCUT2D eigenvalue weighted by Gasteiger charge is 2.11. The molecule has 2 aromatic carbocycles. The van der Waals surface area contributed by atoms with Crippen molar-refractivity contribution in [2.45, 2.75) is 24.9 Å². The quantitative estimate of drug-likeness (QED) is 0.207. The molecule has 0 unspecified atom stereocenters. The van der Waals surface area contributed by atoms with Gasteiger partial charge in [-0.25, -0.2) is 0 Å². The average Bonchev–Trinajstić information content (AvgIpc) is 2.81. The fourth-order valence-corrected chi connectivity index (χ4v) is 4.18. The number of guanidine groups is 1. The predicted molar refractivity (Wildman–Crippen MR) is 145 cm³/mol. The van der Waals surface area contributed by atoms with Gasteiger partial charge in [-0.2, -0.15) is 0 Å². The number of para-hydroxylation sites is 1. The Morgan fingerprint density at radius 1 is 1.09 bits per heavy atom. The molecular weight excluding hydrogens is 535 g/mol. The molecule has 2 N–H and O–H groups in total. The maximum Gasteiger partial charge on any atom is 0.191 e. The lowest BCUT2D eigenvalue weighted by atomic mass is 10.1. The lowest BCUT2D eigenvalue weighted by Crippen LogP contribution is -2.38. The Morgan fingerprint density at radius 3 is 2.53 bits per heavy atom. The lowest BCUT2D eigenvalue weighted by Gasteiger charge is -2.26. The van der Waals surface area contributed by atoms with Crippen molar-refractivity contribution in [2.24, 2.45) is 4.99 Å². The van der Waals surface area contributed by atoms with Crippen LogP contribution in [0, 0.1) is 6.92 Å². The van der Waals surface area contributed by atoms with Crippen LogP contribution in [0.1, 0.15) is 16.7 Å². The van der Waals surface area contributed by atoms with Crippen LogP contribution in [-0.4, -0.2) is 63.6 Å². The molecule has 0 radical (unpaired) electrons. The van der Waals surface area contributed by atoms with Gasteiger partial charge in [0.1, 0.15) is 12.4 Å². The molecule has 0 saturated carbocycles. The van der Waals surface area contributed by atoms with Crippen LogP contribution in [0.3, 0.4) is 0 Å². The van der Waals surface area contributed by atoms with Crippen LogP contribution in [0.5, 0.6) is 5.75 Å². The number of morpholine rings is 1. The van der Waals surface area contributed by atoms with E-state index >= 15 is 0 Å². The van der Waals surface area contributed by atoms with E-state index in [2.05, 4.69) is 58.0 Å². The fraction of sp³-hybridized carbons (Fsp3) is 0.458. The minimum Gasteiger partial charge on any atom is -0.492 e. The number of hydrogen-bond donors (Lipinski definition) is 2. The van der Waals surface area contributed by atoms with Crippen LogP contribution < -0.4 is 15.4 Å². The zero-order valence-corrected chi connectivity index (χ0v) is 22.4. The van der Waals surface area contributed by atoms with E-state index in [9.17, 15) is 0 Å². The maximum absolute atomic E-state index is 6.09. The van der Waals surface area contributed by atoms with Gasteiger partial charge in [0, 0.05) is 50.2 Å². The normalized spacial score (nSPS) is 14.5. The molecule has 1 heterocycles. The summed E-state index contributed by atoms with van der Waals surface area (Å²) in [5.41, 5.74) is 3.67. The maximum atomic E-state index is 6.09. The number of benzene rings is 2. The Hall–Kier alpha value is -1.49. The van der Waals surface area contributed by atoms with E-state index in [-0.39, 0.29) is 24.0 Å². The van der Waals surface area contributed by atoms with Gasteiger partial charge in [0.25, 0.3) is 0 Å². The molecule has 0 aliphatic carbocycles. The third-order valence-corrected chi connectivity index (χ3v) is 6.12. The van der Waals surface area contributed by atoms with Crippen molar-refractivity contribution in [1.82, 2.24) is 15.5 Å². The van der Waals surface area contributed by atoms with Crippen LogP contribution in [0.25, 0.3) is 0 Å². The van der Waals surface area contributed by atoms with Crippen molar-refractivity contribution in [3.05, 3.63) is 59.2 Å². The summed E-state index contributed by atoms with van der Waals surface area (Å²) in [6.07, 6.45) is 2.11. The molecule has 1 saturated heterocycles. The number of hydrogen-bond acceptors (Lipinski definition) is 5. The first-order chi connectivity index (χ1) is 15.2. The molecule has 32 heavy (non-hydrogen) atoms. The van der Waals surface area contributed by atoms with Crippen molar-refractivity contribution in [2.75, 3.05) is 52.8 Å². The SMILES string of the molecule is CN=C(NCc1ccccc1OCCN1CCOCC1)NCc1ccc(C)cc1SC.I. The van der Waals surface area contributed by atoms with Gasteiger partial charge in [-0.1, -0.05) is 30.3 Å². The summed E-state index contributed by atoms with van der Waals surface area (Å²) in [6.45, 7) is 8.68. The first-order valence-corrected chi connectivity index (χ1v) is 12.0. The second-order valence-corrected chi connectivity index (χ2v) is 8.35. The number of thioether (sulfide) groups is 1. The minimum absolute atomic E-state index is 0. The van der Waals surface area contributed by atoms with E-state index in [1.165, 1.54) is 16.0 Å². The first kappa shape index (κ1) is 26.8. The van der Waals surface area contributed by atoms with Crippen molar-refractivity contribution in [1.29, 1.82) is 0 Å². The molecule has 1 aliphatic rings. The van der Waals surface area contributed by atoms with Crippen molar-refractivity contribution in [3.63, 3.8) is 0 Å². The second-order valence-electron chi connectivity index (χ2n) is 7.50. The Bertz CT molecular complexity index is 860. The second kappa shape index (κ2) is 14.6. The van der Waals surface area contributed by atoms with Crippen LogP contribution >= 0.6 is 35.7 Å². The highest BCUT2D eigenvalue weighted by atomic mass is 127. The molecule has 0 amide bonds. The molecule has 0 atom stereocenters. The third kappa shape index (κ3) is 8.46. The van der Waals surface area contributed by atoms with E-state index in [0.29, 0.717) is 13.2 Å². The van der Waals surface area contributed by atoms with Crippen LogP contribution in [0.15, 0.2) is 52.4 Å². The average molecular weight is 571 g/mol. The van der Waals surface area contributed by atoms with E-state index in [1.54, 1.807) is 18.8 Å². The molecule has 6 nitrogen and oxygen atoms in total. The van der Waals surface area contributed by atoms with Crippen LogP contribution in [-0.2, 0) is 17.8 Å². The van der Waals surface area contributed by atoms with Gasteiger partial charge in [0.15, 0.2) is 5.96 Å². The Labute approximate surface area is 213 Å². The molecule has 1 aliphatic heterocycles. The fourth-order valence-electron chi connectivity index (χ4n) is 3.48. The summed E-state index contributed by atoms with van der Waals surface area (Å²) in [4.78, 5) is 8.05. The number of aryl methyl sites for hydroxylation is 1. The number of ether oxygens (including phenoxy) is 2. The zero-order chi connectivity index (χ0) is 21.9. The molecule has 8 heteroatoms. The highest BCUT2D eigenvalue weighted by molar-refractivity contribution is 14.0. The first-order valence-electron chi connectivity index (χ1n) is 10.8. The van der Waals surface area contributed by atoms with Gasteiger partial charge < -0.3 is 20.1 Å². The number of nitrogens with one attached hydrogen (secondary N) is 2. The van der Waals surface area contributed by atoms with Crippen molar-refractivity contribution in [3.8, 4) is 5.75 Å². The number of halogens is 1. The topological polar surface area (TPSA) is 58.1 Å². The van der Waals surface area contributed by atoms with Crippen molar-refractivity contribution < 1.29 is 9.47 Å². The minimum atomic E-state index is 0. The molecule has 3 rings (SSSR count). The molecule has 2 aromatic rings. The number of nitrogens with zero attached hydrogens (tertiary/aromatic N) is 2. The van der Waals surface area contributed by atoms with Gasteiger partial charge in [-0.05, 0) is 36.4 Å².